The van der Waals surface area contributed by atoms with Crippen LogP contribution < -0.4 is 10.5 Å². The molecule has 0 aliphatic heterocycles. The quantitative estimate of drug-likeness (QED) is 0.457. The molecule has 1 aliphatic rings. The minimum atomic E-state index is -0.731. The molecule has 5 rings (SSSR count). The molecule has 0 saturated heterocycles. The Labute approximate surface area is 185 Å². The molecule has 4 aromatic rings. The number of ether oxygens (including phenoxy) is 1. The highest BCUT2D eigenvalue weighted by atomic mass is 16.5. The van der Waals surface area contributed by atoms with Gasteiger partial charge in [-0.05, 0) is 55.7 Å². The highest BCUT2D eigenvalue weighted by molar-refractivity contribution is 5.85. The molecule has 0 amide bonds. The first-order valence-electron chi connectivity index (χ1n) is 10.8. The number of nitrogens with two attached hydrogens (primary N) is 1. The number of hydrogen-bond acceptors (Lipinski definition) is 5. The van der Waals surface area contributed by atoms with E-state index in [0.717, 1.165) is 46.9 Å². The number of imidazole rings is 1. The van der Waals surface area contributed by atoms with Crippen molar-refractivity contribution in [3.63, 3.8) is 0 Å². The summed E-state index contributed by atoms with van der Waals surface area (Å²) in [5.41, 5.74) is 8.65. The topological polar surface area (TPSA) is 103 Å². The van der Waals surface area contributed by atoms with Gasteiger partial charge >= 0.3 is 5.97 Å². The predicted molar refractivity (Wildman–Crippen MR) is 122 cm³/mol. The second kappa shape index (κ2) is 8.34. The maximum atomic E-state index is 11.6. The third kappa shape index (κ3) is 3.77. The molecule has 2 atom stereocenters. The van der Waals surface area contributed by atoms with E-state index in [9.17, 15) is 9.90 Å². The van der Waals surface area contributed by atoms with E-state index in [-0.39, 0.29) is 11.8 Å². The Balaban J connectivity index is 1.51. The normalized spacial score (nSPS) is 18.5. The zero-order valence-corrected chi connectivity index (χ0v) is 17.5. The van der Waals surface area contributed by atoms with Gasteiger partial charge in [0.05, 0.1) is 5.92 Å². The van der Waals surface area contributed by atoms with Crippen LogP contribution in [0.4, 0.5) is 5.82 Å². The average Bonchev–Trinajstić information content (AvgIpc) is 3.21. The first-order chi connectivity index (χ1) is 15.6. The molecule has 1 saturated carbocycles. The summed E-state index contributed by atoms with van der Waals surface area (Å²) in [5.74, 6) is 1.74. The molecule has 0 spiro atoms. The molecule has 1 fully saturated rings. The van der Waals surface area contributed by atoms with Gasteiger partial charge in [0, 0.05) is 23.9 Å². The van der Waals surface area contributed by atoms with Gasteiger partial charge in [0.2, 0.25) is 0 Å². The number of nitrogens with zero attached hydrogens (tertiary/aromatic N) is 3. The molecule has 0 bridgehead atoms. The summed E-state index contributed by atoms with van der Waals surface area (Å²) in [5, 5.41) is 9.51. The Kier molecular flexibility index (Phi) is 5.23. The van der Waals surface area contributed by atoms with E-state index in [4.69, 9.17) is 15.5 Å². The summed E-state index contributed by atoms with van der Waals surface area (Å²) in [4.78, 5) is 20.8. The van der Waals surface area contributed by atoms with Gasteiger partial charge in [0.15, 0.2) is 0 Å². The molecule has 0 unspecified atom stereocenters. The molecule has 2 aromatic carbocycles. The number of aliphatic carboxylic acids is 1. The van der Waals surface area contributed by atoms with Gasteiger partial charge in [-0.15, -0.1) is 0 Å². The molecule has 32 heavy (non-hydrogen) atoms. The van der Waals surface area contributed by atoms with E-state index in [1.165, 1.54) is 0 Å². The lowest BCUT2D eigenvalue weighted by Gasteiger charge is -2.25. The predicted octanol–water partition coefficient (Wildman–Crippen LogP) is 5.13. The largest absolute Gasteiger partial charge is 0.481 e. The third-order valence-corrected chi connectivity index (χ3v) is 6.11. The summed E-state index contributed by atoms with van der Waals surface area (Å²) in [6.45, 7) is 0. The van der Waals surface area contributed by atoms with Crippen LogP contribution >= 0.6 is 0 Å². The lowest BCUT2D eigenvalue weighted by Crippen LogP contribution is -2.22. The van der Waals surface area contributed by atoms with Crippen molar-refractivity contribution in [2.45, 2.75) is 31.6 Å². The molecule has 0 radical (unpaired) electrons. The van der Waals surface area contributed by atoms with Crippen LogP contribution in [0.3, 0.4) is 0 Å². The average molecular weight is 428 g/mol. The van der Waals surface area contributed by atoms with Gasteiger partial charge in [0.25, 0.3) is 0 Å². The standard InChI is InChI=1S/C25H24N4O3/c26-23-22-21(16-9-11-20(12-10-16)32-19-7-2-1-3-8-19)28-24(29(22)14-13-27-23)17-5-4-6-18(15-17)25(30)31/h1-3,7-14,17-18H,4-6,15H2,(H2,26,27)(H,30,31)/t17-,18-/m1/s1. The number of carbonyl (C=O) groups is 1. The Bertz CT molecular complexity index is 1250. The van der Waals surface area contributed by atoms with Crippen molar-refractivity contribution in [1.29, 1.82) is 0 Å². The Hall–Kier alpha value is -3.87. The van der Waals surface area contributed by atoms with E-state index >= 15 is 0 Å². The molecule has 2 aromatic heterocycles. The third-order valence-electron chi connectivity index (χ3n) is 6.11. The summed E-state index contributed by atoms with van der Waals surface area (Å²) in [6.07, 6.45) is 6.60. The minimum absolute atomic E-state index is 0.0635. The monoisotopic (exact) mass is 428 g/mol. The molecular weight excluding hydrogens is 404 g/mol. The van der Waals surface area contributed by atoms with E-state index in [1.807, 2.05) is 65.2 Å². The van der Waals surface area contributed by atoms with Crippen LogP contribution in [0.1, 0.15) is 37.4 Å². The lowest BCUT2D eigenvalue weighted by molar-refractivity contribution is -0.143. The fourth-order valence-corrected chi connectivity index (χ4v) is 4.53. The zero-order chi connectivity index (χ0) is 22.1. The SMILES string of the molecule is Nc1nccn2c([C@@H]3CCC[C@@H](C(=O)O)C3)nc(-c3ccc(Oc4ccccc4)cc3)c12. The van der Waals surface area contributed by atoms with Crippen molar-refractivity contribution in [2.75, 3.05) is 5.73 Å². The number of nitrogen functional groups attached to an aromatic ring is 1. The second-order valence-corrected chi connectivity index (χ2v) is 8.19. The number of hydrogen-bond donors (Lipinski definition) is 2. The number of carboxylic acids is 1. The van der Waals surface area contributed by atoms with Gasteiger partial charge in [0.1, 0.15) is 34.4 Å². The fraction of sp³-hybridized carbons (Fsp3) is 0.240. The van der Waals surface area contributed by atoms with Crippen molar-refractivity contribution in [2.24, 2.45) is 5.92 Å². The maximum Gasteiger partial charge on any atom is 0.306 e. The van der Waals surface area contributed by atoms with Crippen molar-refractivity contribution < 1.29 is 14.6 Å². The van der Waals surface area contributed by atoms with Crippen molar-refractivity contribution >= 4 is 17.3 Å². The zero-order valence-electron chi connectivity index (χ0n) is 17.5. The number of carboxylic acid groups (broad SMARTS) is 1. The van der Waals surface area contributed by atoms with Gasteiger partial charge in [-0.1, -0.05) is 24.6 Å². The highest BCUT2D eigenvalue weighted by Gasteiger charge is 2.31. The first-order valence-corrected chi connectivity index (χ1v) is 10.8. The smallest absolute Gasteiger partial charge is 0.306 e. The van der Waals surface area contributed by atoms with Crippen LogP contribution in [-0.2, 0) is 4.79 Å². The number of para-hydroxylation sites is 1. The maximum absolute atomic E-state index is 11.6. The van der Waals surface area contributed by atoms with Crippen LogP contribution in [0, 0.1) is 5.92 Å². The van der Waals surface area contributed by atoms with Gasteiger partial charge in [-0.2, -0.15) is 0 Å². The van der Waals surface area contributed by atoms with Crippen LogP contribution in [0.25, 0.3) is 16.8 Å². The summed E-state index contributed by atoms with van der Waals surface area (Å²) >= 11 is 0. The molecule has 3 N–H and O–H groups in total. The van der Waals surface area contributed by atoms with Gasteiger partial charge in [-0.25, -0.2) is 9.97 Å². The number of benzene rings is 2. The molecule has 7 nitrogen and oxygen atoms in total. The Morgan fingerprint density at radius 2 is 1.81 bits per heavy atom. The molecule has 162 valence electrons. The second-order valence-electron chi connectivity index (χ2n) is 8.19. The number of anilines is 1. The Morgan fingerprint density at radius 1 is 1.06 bits per heavy atom. The van der Waals surface area contributed by atoms with Crippen LogP contribution in [0.15, 0.2) is 67.0 Å². The number of aromatic nitrogens is 3. The van der Waals surface area contributed by atoms with E-state index in [1.54, 1.807) is 6.20 Å². The lowest BCUT2D eigenvalue weighted by atomic mass is 9.81. The van der Waals surface area contributed by atoms with Crippen molar-refractivity contribution in [1.82, 2.24) is 14.4 Å². The van der Waals surface area contributed by atoms with E-state index < -0.39 is 5.97 Å². The van der Waals surface area contributed by atoms with Crippen LogP contribution in [0.2, 0.25) is 0 Å². The van der Waals surface area contributed by atoms with E-state index in [0.29, 0.717) is 18.7 Å². The van der Waals surface area contributed by atoms with Crippen LogP contribution in [-0.4, -0.2) is 25.4 Å². The van der Waals surface area contributed by atoms with Gasteiger partial charge in [-0.3, -0.25) is 9.20 Å². The number of fused-ring (bicyclic) bond motifs is 1. The summed E-state index contributed by atoms with van der Waals surface area (Å²) in [6, 6.07) is 17.3. The number of rotatable bonds is 5. The fourth-order valence-electron chi connectivity index (χ4n) is 4.53. The molecular formula is C25H24N4O3. The minimum Gasteiger partial charge on any atom is -0.481 e. The first kappa shape index (κ1) is 20.1. The summed E-state index contributed by atoms with van der Waals surface area (Å²) in [7, 11) is 0. The molecule has 7 heteroatoms. The van der Waals surface area contributed by atoms with Gasteiger partial charge < -0.3 is 15.6 Å². The summed E-state index contributed by atoms with van der Waals surface area (Å²) < 4.78 is 7.87. The van der Waals surface area contributed by atoms with Crippen molar-refractivity contribution in [3.8, 4) is 22.8 Å². The van der Waals surface area contributed by atoms with E-state index in [2.05, 4.69) is 4.98 Å². The molecule has 1 aliphatic carbocycles. The van der Waals surface area contributed by atoms with Crippen LogP contribution in [0.5, 0.6) is 11.5 Å². The Morgan fingerprint density at radius 3 is 2.56 bits per heavy atom. The molecule has 2 heterocycles. The van der Waals surface area contributed by atoms with Crippen molar-refractivity contribution in [3.05, 3.63) is 72.8 Å². The highest BCUT2D eigenvalue weighted by Crippen LogP contribution is 2.39.